The van der Waals surface area contributed by atoms with Crippen LogP contribution in [0.2, 0.25) is 10.0 Å². The quantitative estimate of drug-likeness (QED) is 0.179. The molecule has 1 saturated heterocycles. The van der Waals surface area contributed by atoms with E-state index in [4.69, 9.17) is 49.3 Å². The maximum absolute atomic E-state index is 14.0. The molecule has 2 amide bonds. The van der Waals surface area contributed by atoms with Crippen LogP contribution in [0.1, 0.15) is 61.8 Å². The van der Waals surface area contributed by atoms with Gasteiger partial charge in [0.2, 0.25) is 21.8 Å². The van der Waals surface area contributed by atoms with Gasteiger partial charge in [-0.05, 0) is 75.9 Å². The SMILES string of the molecule is Cc1cc(C)c2cccc(OCc3c(Cl)ccc(S(=O)(=O)NC4(C(=O)N5CCN(C(=O)[C@@H](N)CCCCN)CC5)CCCC4)c3Cl)c2n1.O=C(O)C(F)(F)F. The highest BCUT2D eigenvalue weighted by molar-refractivity contribution is 7.89. The summed E-state index contributed by atoms with van der Waals surface area (Å²) in [7, 11) is -4.28. The number of nitrogens with zero attached hydrogens (tertiary/aromatic N) is 3. The molecule has 2 fully saturated rings. The van der Waals surface area contributed by atoms with Crippen LogP contribution in [0.3, 0.4) is 0 Å². The number of aryl methyl sites for hydroxylation is 2. The second kappa shape index (κ2) is 18.5. The van der Waals surface area contributed by atoms with Crippen LogP contribution in [0.15, 0.2) is 41.3 Å². The molecule has 6 N–H and O–H groups in total. The van der Waals surface area contributed by atoms with Gasteiger partial charge in [-0.25, -0.2) is 18.2 Å². The van der Waals surface area contributed by atoms with E-state index in [0.717, 1.165) is 29.5 Å². The van der Waals surface area contributed by atoms with Crippen molar-refractivity contribution in [1.29, 1.82) is 0 Å². The predicted molar refractivity (Wildman–Crippen MR) is 201 cm³/mol. The van der Waals surface area contributed by atoms with E-state index in [2.05, 4.69) is 9.71 Å². The lowest BCUT2D eigenvalue weighted by Crippen LogP contribution is -2.62. The van der Waals surface area contributed by atoms with Crippen molar-refractivity contribution in [3.05, 3.63) is 63.3 Å². The first-order valence-electron chi connectivity index (χ1n) is 17.7. The van der Waals surface area contributed by atoms with Crippen LogP contribution in [-0.2, 0) is 31.0 Å². The van der Waals surface area contributed by atoms with Crippen LogP contribution >= 0.6 is 23.2 Å². The largest absolute Gasteiger partial charge is 0.490 e. The molecule has 3 aromatic rings. The van der Waals surface area contributed by atoms with Crippen molar-refractivity contribution < 1.29 is 45.8 Å². The molecule has 302 valence electrons. The topological polar surface area (TPSA) is 198 Å². The summed E-state index contributed by atoms with van der Waals surface area (Å²) in [5.41, 5.74) is 13.2. The number of hydrogen-bond donors (Lipinski definition) is 4. The van der Waals surface area contributed by atoms with E-state index in [1.807, 2.05) is 32.0 Å². The maximum atomic E-state index is 14.0. The summed E-state index contributed by atoms with van der Waals surface area (Å²) in [4.78, 5) is 43.6. The molecule has 1 aliphatic heterocycles. The predicted octanol–water partition coefficient (Wildman–Crippen LogP) is 5.09. The number of carboxylic acids is 1. The molecule has 0 unspecified atom stereocenters. The zero-order valence-electron chi connectivity index (χ0n) is 30.4. The first kappa shape index (κ1) is 44.0. The molecular weight excluding hydrogens is 788 g/mol. The number of benzene rings is 2. The number of sulfonamides is 1. The van der Waals surface area contributed by atoms with Crippen molar-refractivity contribution in [3.63, 3.8) is 0 Å². The molecule has 19 heteroatoms. The number of rotatable bonds is 12. The van der Waals surface area contributed by atoms with Crippen LogP contribution in [0, 0.1) is 13.8 Å². The molecule has 2 heterocycles. The van der Waals surface area contributed by atoms with E-state index in [9.17, 15) is 31.2 Å². The third-order valence-corrected chi connectivity index (χ3v) is 12.0. The average Bonchev–Trinajstić information content (AvgIpc) is 3.59. The van der Waals surface area contributed by atoms with Gasteiger partial charge < -0.3 is 31.1 Å². The minimum atomic E-state index is -5.08. The Balaban J connectivity index is 0.000000876. The van der Waals surface area contributed by atoms with Gasteiger partial charge in [0.25, 0.3) is 0 Å². The van der Waals surface area contributed by atoms with Crippen LogP contribution in [0.4, 0.5) is 13.2 Å². The fourth-order valence-corrected chi connectivity index (χ4v) is 8.99. The standard InChI is InChI=1S/C34H44Cl2N6O5S.C2HF3O2/c1-22-20-23(2)39-31-24(22)8-7-10-28(31)47-21-25-26(35)11-12-29(30(25)36)48(45,46)40-34(13-4-5-14-34)33(44)42-18-16-41(17-19-42)32(43)27(38)9-3-6-15-37;3-2(4,5)1(6)7/h7-8,10-12,20,27,40H,3-6,9,13-19,21,37-38H2,1-2H3;(H,6,7)/t27-;/m0./s1. The van der Waals surface area contributed by atoms with Crippen molar-refractivity contribution in [2.75, 3.05) is 32.7 Å². The molecule has 0 bridgehead atoms. The van der Waals surface area contributed by atoms with Crippen molar-refractivity contribution >= 4 is 61.9 Å². The number of piperazine rings is 1. The van der Waals surface area contributed by atoms with Crippen molar-refractivity contribution in [2.24, 2.45) is 11.5 Å². The first-order chi connectivity index (χ1) is 25.8. The van der Waals surface area contributed by atoms with Crippen molar-refractivity contribution in [1.82, 2.24) is 19.5 Å². The number of carbonyl (C=O) groups is 3. The molecule has 1 atom stereocenters. The van der Waals surface area contributed by atoms with Gasteiger partial charge in [0.15, 0.2) is 0 Å². The number of para-hydroxylation sites is 1. The van der Waals surface area contributed by atoms with Gasteiger partial charge in [-0.1, -0.05) is 54.6 Å². The monoisotopic (exact) mass is 832 g/mol. The van der Waals surface area contributed by atoms with Gasteiger partial charge >= 0.3 is 12.1 Å². The van der Waals surface area contributed by atoms with E-state index < -0.39 is 33.7 Å². The molecule has 13 nitrogen and oxygen atoms in total. The van der Waals surface area contributed by atoms with Gasteiger partial charge in [0.05, 0.1) is 11.1 Å². The number of unbranched alkanes of at least 4 members (excludes halogenated alkanes) is 1. The Hall–Kier alpha value is -3.74. The Bertz CT molecular complexity index is 1990. The van der Waals surface area contributed by atoms with Crippen molar-refractivity contribution in [3.8, 4) is 5.75 Å². The number of hydrogen-bond acceptors (Lipinski definition) is 9. The summed E-state index contributed by atoms with van der Waals surface area (Å²) in [6.07, 6.45) is -0.862. The Labute approximate surface area is 327 Å². The summed E-state index contributed by atoms with van der Waals surface area (Å²) in [5.74, 6) is -2.68. The molecule has 0 radical (unpaired) electrons. The zero-order valence-corrected chi connectivity index (χ0v) is 32.8. The number of alkyl halides is 3. The fraction of sp³-hybridized carbons (Fsp3) is 0.500. The van der Waals surface area contributed by atoms with E-state index in [1.54, 1.807) is 15.9 Å². The summed E-state index contributed by atoms with van der Waals surface area (Å²) < 4.78 is 68.6. The Morgan fingerprint density at radius 1 is 1.04 bits per heavy atom. The lowest BCUT2D eigenvalue weighted by atomic mass is 9.96. The number of carboxylic acid groups (broad SMARTS) is 1. The molecule has 5 rings (SSSR count). The Morgan fingerprint density at radius 3 is 2.25 bits per heavy atom. The lowest BCUT2D eigenvalue weighted by Gasteiger charge is -2.40. The van der Waals surface area contributed by atoms with Crippen LogP contribution < -0.4 is 20.9 Å². The van der Waals surface area contributed by atoms with E-state index >= 15 is 0 Å². The minimum Gasteiger partial charge on any atom is -0.487 e. The second-order valence-electron chi connectivity index (χ2n) is 13.6. The van der Waals surface area contributed by atoms with Crippen LogP contribution in [0.5, 0.6) is 5.75 Å². The normalized spacial score (nSPS) is 16.4. The van der Waals surface area contributed by atoms with Gasteiger partial charge in [-0.2, -0.15) is 17.9 Å². The number of halogens is 5. The number of nitrogens with two attached hydrogens (primary N) is 2. The molecule has 2 aromatic carbocycles. The summed E-state index contributed by atoms with van der Waals surface area (Å²) in [5, 5.41) is 8.24. The minimum absolute atomic E-state index is 0.0777. The number of carbonyl (C=O) groups excluding carboxylic acids is 2. The summed E-state index contributed by atoms with van der Waals surface area (Å²) in [6, 6.07) is 9.82. The van der Waals surface area contributed by atoms with Gasteiger partial charge in [-0.3, -0.25) is 9.59 Å². The van der Waals surface area contributed by atoms with Gasteiger partial charge in [0, 0.05) is 47.8 Å². The average molecular weight is 834 g/mol. The number of fused-ring (bicyclic) bond motifs is 1. The third-order valence-electron chi connectivity index (χ3n) is 9.55. The number of amides is 2. The fourth-order valence-electron chi connectivity index (χ4n) is 6.69. The molecule has 55 heavy (non-hydrogen) atoms. The number of ether oxygens (including phenoxy) is 1. The van der Waals surface area contributed by atoms with Crippen molar-refractivity contribution in [2.45, 2.75) is 88.1 Å². The van der Waals surface area contributed by atoms with Crippen LogP contribution in [-0.4, -0.2) is 96.6 Å². The zero-order chi connectivity index (χ0) is 40.7. The number of aliphatic carboxylic acids is 1. The van der Waals surface area contributed by atoms with Crippen LogP contribution in [0.25, 0.3) is 10.9 Å². The molecule has 1 saturated carbocycles. The summed E-state index contributed by atoms with van der Waals surface area (Å²) >= 11 is 13.3. The van der Waals surface area contributed by atoms with Gasteiger partial charge in [-0.15, -0.1) is 0 Å². The molecular formula is C36H45Cl2F3N6O7S. The highest BCUT2D eigenvalue weighted by Crippen LogP contribution is 2.37. The number of nitrogens with one attached hydrogen (secondary N) is 1. The highest BCUT2D eigenvalue weighted by atomic mass is 35.5. The molecule has 1 aliphatic carbocycles. The van der Waals surface area contributed by atoms with Gasteiger partial charge in [0.1, 0.15) is 28.3 Å². The maximum Gasteiger partial charge on any atom is 0.490 e. The first-order valence-corrected chi connectivity index (χ1v) is 19.9. The second-order valence-corrected chi connectivity index (χ2v) is 16.0. The van der Waals surface area contributed by atoms with E-state index in [1.165, 1.54) is 12.1 Å². The van der Waals surface area contributed by atoms with E-state index in [0.29, 0.717) is 68.6 Å². The molecule has 0 spiro atoms. The highest BCUT2D eigenvalue weighted by Gasteiger charge is 2.47. The number of aromatic nitrogens is 1. The Kier molecular flexibility index (Phi) is 14.8. The smallest absolute Gasteiger partial charge is 0.487 e. The number of pyridine rings is 1. The summed E-state index contributed by atoms with van der Waals surface area (Å²) in [6.45, 7) is 5.59. The Morgan fingerprint density at radius 2 is 1.65 bits per heavy atom. The molecule has 1 aromatic heterocycles. The van der Waals surface area contributed by atoms with E-state index in [-0.39, 0.29) is 46.5 Å². The third kappa shape index (κ3) is 10.8. The molecule has 2 aliphatic rings. The lowest BCUT2D eigenvalue weighted by molar-refractivity contribution is -0.192.